The highest BCUT2D eigenvalue weighted by Crippen LogP contribution is 2.38. The summed E-state index contributed by atoms with van der Waals surface area (Å²) < 4.78 is 30.5. The molecular formula is C79H137N2O7P. The van der Waals surface area contributed by atoms with Gasteiger partial charge < -0.3 is 28.5 Å². The fraction of sp³-hybridized carbons (Fsp3) is 0.696. The third-order valence-corrected chi connectivity index (χ3v) is 16.5. The fourth-order valence-electron chi connectivity index (χ4n) is 9.98. The van der Waals surface area contributed by atoms with Gasteiger partial charge >= 0.3 is 5.97 Å². The van der Waals surface area contributed by atoms with Crippen molar-refractivity contribution in [3.63, 3.8) is 0 Å². The molecule has 0 saturated carbocycles. The minimum Gasteiger partial charge on any atom is -0.756 e. The minimum atomic E-state index is -4.72. The van der Waals surface area contributed by atoms with Crippen molar-refractivity contribution in [1.29, 1.82) is 0 Å². The molecule has 0 spiro atoms. The van der Waals surface area contributed by atoms with Crippen molar-refractivity contribution in [2.24, 2.45) is 0 Å². The van der Waals surface area contributed by atoms with E-state index in [1.165, 1.54) is 135 Å². The average Bonchev–Trinajstić information content (AvgIpc) is 3.64. The number of allylic oxidation sites excluding steroid dienone is 21. The number of ether oxygens (including phenoxy) is 1. The molecule has 0 saturated heterocycles. The monoisotopic (exact) mass is 1260 g/mol. The van der Waals surface area contributed by atoms with Gasteiger partial charge in [0, 0.05) is 12.8 Å². The number of hydrogen-bond acceptors (Lipinski definition) is 7. The van der Waals surface area contributed by atoms with Gasteiger partial charge in [-0.05, 0) is 128 Å². The molecule has 3 atom stereocenters. The highest BCUT2D eigenvalue weighted by molar-refractivity contribution is 7.45. The first-order chi connectivity index (χ1) is 43.4. The molecule has 0 bridgehead atoms. The Labute approximate surface area is 549 Å². The van der Waals surface area contributed by atoms with Gasteiger partial charge in [-0.25, -0.2) is 0 Å². The van der Waals surface area contributed by atoms with Crippen LogP contribution in [0.1, 0.15) is 303 Å². The zero-order valence-electron chi connectivity index (χ0n) is 58.3. The molecule has 0 radical (unpaired) electrons. The van der Waals surface area contributed by atoms with Crippen molar-refractivity contribution < 1.29 is 37.3 Å². The van der Waals surface area contributed by atoms with Crippen LogP contribution >= 0.6 is 7.82 Å². The summed E-state index contributed by atoms with van der Waals surface area (Å²) in [5, 5.41) is 3.03. The number of nitrogens with one attached hydrogen (secondary N) is 1. The van der Waals surface area contributed by atoms with Crippen LogP contribution in [-0.4, -0.2) is 69.4 Å². The smallest absolute Gasteiger partial charge is 0.306 e. The van der Waals surface area contributed by atoms with Gasteiger partial charge in [-0.3, -0.25) is 14.2 Å². The van der Waals surface area contributed by atoms with E-state index in [9.17, 15) is 19.0 Å². The maximum absolute atomic E-state index is 13.6. The Morgan fingerprint density at radius 1 is 0.404 bits per heavy atom. The van der Waals surface area contributed by atoms with Crippen LogP contribution in [0.3, 0.4) is 0 Å². The van der Waals surface area contributed by atoms with E-state index in [4.69, 9.17) is 13.8 Å². The third-order valence-electron chi connectivity index (χ3n) is 15.6. The van der Waals surface area contributed by atoms with Gasteiger partial charge in [0.1, 0.15) is 19.3 Å². The molecule has 0 aliphatic rings. The van der Waals surface area contributed by atoms with E-state index in [0.29, 0.717) is 17.4 Å². The van der Waals surface area contributed by atoms with Gasteiger partial charge in [-0.2, -0.15) is 0 Å². The number of nitrogens with zero attached hydrogens (tertiary/aromatic N) is 1. The van der Waals surface area contributed by atoms with Crippen molar-refractivity contribution in [2.75, 3.05) is 40.9 Å². The van der Waals surface area contributed by atoms with Gasteiger partial charge in [0.05, 0.1) is 33.8 Å². The lowest BCUT2D eigenvalue weighted by molar-refractivity contribution is -0.870. The molecule has 0 aliphatic carbocycles. The summed E-state index contributed by atoms with van der Waals surface area (Å²) in [6.45, 7) is 6.69. The summed E-state index contributed by atoms with van der Waals surface area (Å²) in [6, 6.07) is -0.914. The van der Waals surface area contributed by atoms with Crippen molar-refractivity contribution >= 4 is 19.7 Å². The number of carbonyl (C=O) groups is 2. The molecule has 0 rings (SSSR count). The summed E-state index contributed by atoms with van der Waals surface area (Å²) in [5.41, 5.74) is 0. The Balaban J connectivity index is 5.15. The lowest BCUT2D eigenvalue weighted by atomic mass is 10.0. The number of phosphoric ester groups is 1. The first-order valence-electron chi connectivity index (χ1n) is 36.5. The third kappa shape index (κ3) is 68.4. The largest absolute Gasteiger partial charge is 0.756 e. The Morgan fingerprint density at radius 2 is 0.719 bits per heavy atom. The van der Waals surface area contributed by atoms with Gasteiger partial charge in [0.25, 0.3) is 7.82 Å². The van der Waals surface area contributed by atoms with Crippen LogP contribution in [0.15, 0.2) is 134 Å². The molecule has 89 heavy (non-hydrogen) atoms. The lowest BCUT2D eigenvalue weighted by Gasteiger charge is -2.30. The molecule has 1 amide bonds. The number of likely N-dealkylation sites (N-methyl/N-ethyl adjacent to an activating group) is 1. The van der Waals surface area contributed by atoms with Crippen LogP contribution in [-0.2, 0) is 27.9 Å². The predicted molar refractivity (Wildman–Crippen MR) is 385 cm³/mol. The zero-order valence-corrected chi connectivity index (χ0v) is 59.2. The molecule has 9 nitrogen and oxygen atoms in total. The first-order valence-corrected chi connectivity index (χ1v) is 38.0. The normalized spacial score (nSPS) is 14.3. The standard InChI is InChI=1S/C79H137N2O7P/c1-7-10-13-16-19-22-25-28-30-32-34-36-38-39-40-41-43-45-47-49-51-54-57-60-63-66-69-72-79(83)88-77(70-67-64-61-58-55-52-27-24-21-18-15-12-9-3)76(75-87-89(84,85)86-74-73-81(4,5)6)80-78(82)71-68-65-62-59-56-53-50-48-46-44-42-37-35-33-31-29-26-23-20-17-14-11-8-2/h11,14,19-20,22-23,28-31,34-37,39-40,44,46,50,53,67,70,76-77H,7-10,12-13,15-18,21,24-27,32-33,38,41-43,45,47-49,51-52,54-66,68-69,71-75H2,1-6H3,(H-,80,82,84,85)/b14-11-,22-19-,23-20-,30-28-,31-29-,36-34-,37-35-,40-39-,46-44-,53-50-,70-67+. The van der Waals surface area contributed by atoms with Crippen LogP contribution in [0, 0.1) is 0 Å². The van der Waals surface area contributed by atoms with Gasteiger partial charge in [0.2, 0.25) is 5.91 Å². The van der Waals surface area contributed by atoms with Crippen molar-refractivity contribution in [1.82, 2.24) is 5.32 Å². The van der Waals surface area contributed by atoms with E-state index < -0.39 is 26.6 Å². The van der Waals surface area contributed by atoms with E-state index in [1.807, 2.05) is 33.3 Å². The van der Waals surface area contributed by atoms with Crippen LogP contribution in [0.25, 0.3) is 0 Å². The van der Waals surface area contributed by atoms with Crippen molar-refractivity contribution in [2.45, 2.75) is 315 Å². The Bertz CT molecular complexity index is 1990. The summed E-state index contributed by atoms with van der Waals surface area (Å²) in [4.78, 5) is 40.3. The maximum Gasteiger partial charge on any atom is 0.306 e. The first kappa shape index (κ1) is 85.2. The summed E-state index contributed by atoms with van der Waals surface area (Å²) in [5.74, 6) is -0.576. The average molecular weight is 1260 g/mol. The van der Waals surface area contributed by atoms with E-state index in [0.717, 1.165) is 128 Å². The second-order valence-corrected chi connectivity index (χ2v) is 26.8. The summed E-state index contributed by atoms with van der Waals surface area (Å²) >= 11 is 0. The van der Waals surface area contributed by atoms with Crippen LogP contribution in [0.5, 0.6) is 0 Å². The van der Waals surface area contributed by atoms with E-state index in [1.54, 1.807) is 0 Å². The molecule has 0 aromatic carbocycles. The number of carbonyl (C=O) groups excluding carboxylic acids is 2. The minimum absolute atomic E-state index is 0.0348. The molecule has 0 aliphatic heterocycles. The van der Waals surface area contributed by atoms with Crippen LogP contribution < -0.4 is 10.2 Å². The predicted octanol–water partition coefficient (Wildman–Crippen LogP) is 22.9. The summed E-state index contributed by atoms with van der Waals surface area (Å²) in [6.07, 6.45) is 95.7. The van der Waals surface area contributed by atoms with Crippen LogP contribution in [0.4, 0.5) is 0 Å². The fourth-order valence-corrected chi connectivity index (χ4v) is 10.7. The molecule has 1 N–H and O–H groups in total. The number of amides is 1. The Kier molecular flexibility index (Phi) is 64.2. The number of hydrogen-bond donors (Lipinski definition) is 1. The highest BCUT2D eigenvalue weighted by atomic mass is 31.2. The second-order valence-electron chi connectivity index (χ2n) is 25.4. The second kappa shape index (κ2) is 67.1. The number of rotatable bonds is 65. The molecule has 0 fully saturated rings. The van der Waals surface area contributed by atoms with Gasteiger partial charge in [-0.15, -0.1) is 0 Å². The number of esters is 1. The molecule has 510 valence electrons. The molecular weight excluding hydrogens is 1120 g/mol. The molecule has 0 heterocycles. The number of phosphoric acid groups is 1. The SMILES string of the molecule is CC/C=C\C/C=C\C/C=C\C/C=C\C/C=C\C/C=C\CCCCCCC(=O)NC(COP(=O)([O-])OCC[N+](C)(C)C)C(/C=C/CCCCCCCCCCCCC)OC(=O)CCCCCCCCCCCCC/C=C\C/C=C\C/C=C\C/C=C\CCCCC. The van der Waals surface area contributed by atoms with E-state index >= 15 is 0 Å². The molecule has 0 aromatic heterocycles. The Morgan fingerprint density at radius 3 is 1.10 bits per heavy atom. The number of unbranched alkanes of at least 4 members (excludes halogenated alkanes) is 29. The highest BCUT2D eigenvalue weighted by Gasteiger charge is 2.27. The van der Waals surface area contributed by atoms with Crippen molar-refractivity contribution in [3.8, 4) is 0 Å². The molecule has 3 unspecified atom stereocenters. The van der Waals surface area contributed by atoms with Crippen LogP contribution in [0.2, 0.25) is 0 Å². The topological polar surface area (TPSA) is 114 Å². The van der Waals surface area contributed by atoms with Crippen molar-refractivity contribution in [3.05, 3.63) is 134 Å². The molecule has 10 heteroatoms. The number of quaternary nitrogens is 1. The quantitative estimate of drug-likeness (QED) is 0.0212. The lowest BCUT2D eigenvalue weighted by Crippen LogP contribution is -2.47. The van der Waals surface area contributed by atoms with Gasteiger partial charge in [0.15, 0.2) is 0 Å². The van der Waals surface area contributed by atoms with E-state index in [2.05, 4.69) is 148 Å². The van der Waals surface area contributed by atoms with E-state index in [-0.39, 0.29) is 31.3 Å². The maximum atomic E-state index is 13.6. The summed E-state index contributed by atoms with van der Waals surface area (Å²) in [7, 11) is 1.15. The zero-order chi connectivity index (χ0) is 64.9. The molecule has 0 aromatic rings. The van der Waals surface area contributed by atoms with Gasteiger partial charge in [-0.1, -0.05) is 296 Å². The Hall–Kier alpha value is -3.85.